The number of likely N-dealkylation sites (N-methyl/N-ethyl adjacent to an activating group) is 1. The molecule has 2 aliphatic rings. The number of hydrogen-bond donors (Lipinski definition) is 1. The lowest BCUT2D eigenvalue weighted by atomic mass is 9.67. The second-order valence-corrected chi connectivity index (χ2v) is 11.3. The summed E-state index contributed by atoms with van der Waals surface area (Å²) >= 11 is 0. The lowest BCUT2D eigenvalue weighted by Crippen LogP contribution is -2.49. The summed E-state index contributed by atoms with van der Waals surface area (Å²) < 4.78 is 5.60. The van der Waals surface area contributed by atoms with Crippen LogP contribution in [-0.2, 0) is 11.2 Å². The number of methoxy groups -OCH3 is 1. The Labute approximate surface area is 224 Å². The molecule has 38 heavy (non-hydrogen) atoms. The first-order valence-corrected chi connectivity index (χ1v) is 13.6. The summed E-state index contributed by atoms with van der Waals surface area (Å²) in [5.74, 6) is -0.580. The standard InChI is InChI=1S/C31H37N3O4/c1-31(19-21-7-5-4-6-8-21)11-9-22(10-12-31)28(35)24-17-23-25(20-32-26(23)18-27(24)38-3)29(36)30(37)34-15-13-33(2)14-16-34/h4-8,17-18,20,22,32H,9-16,19H2,1-3H3. The van der Waals surface area contributed by atoms with Gasteiger partial charge in [-0.2, -0.15) is 0 Å². The van der Waals surface area contributed by atoms with Gasteiger partial charge in [0.25, 0.3) is 11.7 Å². The van der Waals surface area contributed by atoms with E-state index in [0.29, 0.717) is 40.9 Å². The molecule has 1 aliphatic heterocycles. The SMILES string of the molecule is COc1cc2[nH]cc(C(=O)C(=O)N3CCN(C)CC3)c2cc1C(=O)C1CCC(C)(Cc2ccccc2)CC1. The number of carbonyl (C=O) groups excluding carboxylic acids is 3. The number of piperazine rings is 1. The van der Waals surface area contributed by atoms with Crippen molar-refractivity contribution >= 4 is 28.4 Å². The molecular weight excluding hydrogens is 478 g/mol. The average molecular weight is 516 g/mol. The second kappa shape index (κ2) is 10.7. The van der Waals surface area contributed by atoms with E-state index in [4.69, 9.17) is 4.74 Å². The first-order valence-electron chi connectivity index (χ1n) is 13.6. The fourth-order valence-corrected chi connectivity index (χ4v) is 6.03. The van der Waals surface area contributed by atoms with Gasteiger partial charge in [0.05, 0.1) is 18.2 Å². The van der Waals surface area contributed by atoms with Crippen molar-refractivity contribution in [3.63, 3.8) is 0 Å². The van der Waals surface area contributed by atoms with Crippen molar-refractivity contribution in [2.75, 3.05) is 40.3 Å². The van der Waals surface area contributed by atoms with Crippen LogP contribution in [0.4, 0.5) is 0 Å². The molecule has 0 unspecified atom stereocenters. The van der Waals surface area contributed by atoms with Crippen LogP contribution in [0.1, 0.15) is 58.9 Å². The smallest absolute Gasteiger partial charge is 0.295 e. The average Bonchev–Trinajstić information content (AvgIpc) is 3.35. The minimum atomic E-state index is -0.543. The van der Waals surface area contributed by atoms with Gasteiger partial charge in [-0.25, -0.2) is 0 Å². The molecule has 7 heteroatoms. The van der Waals surface area contributed by atoms with Crippen LogP contribution in [0.25, 0.3) is 10.9 Å². The molecule has 1 aromatic heterocycles. The fourth-order valence-electron chi connectivity index (χ4n) is 6.03. The first-order chi connectivity index (χ1) is 18.3. The minimum absolute atomic E-state index is 0.0514. The van der Waals surface area contributed by atoms with Crippen LogP contribution in [0, 0.1) is 11.3 Å². The maximum absolute atomic E-state index is 13.8. The van der Waals surface area contributed by atoms with Gasteiger partial charge < -0.3 is 19.5 Å². The Morgan fingerprint density at radius 2 is 1.68 bits per heavy atom. The monoisotopic (exact) mass is 515 g/mol. The van der Waals surface area contributed by atoms with Crippen molar-refractivity contribution in [3.8, 4) is 5.75 Å². The highest BCUT2D eigenvalue weighted by atomic mass is 16.5. The number of ketones is 2. The van der Waals surface area contributed by atoms with E-state index in [-0.39, 0.29) is 17.1 Å². The zero-order valence-corrected chi connectivity index (χ0v) is 22.6. The van der Waals surface area contributed by atoms with Crippen LogP contribution in [0.5, 0.6) is 5.75 Å². The molecule has 3 aromatic rings. The van der Waals surface area contributed by atoms with Gasteiger partial charge in [-0.3, -0.25) is 14.4 Å². The third-order valence-electron chi connectivity index (χ3n) is 8.53. The molecule has 200 valence electrons. The van der Waals surface area contributed by atoms with Gasteiger partial charge in [-0.15, -0.1) is 0 Å². The van der Waals surface area contributed by atoms with Crippen molar-refractivity contribution in [2.45, 2.75) is 39.0 Å². The summed E-state index contributed by atoms with van der Waals surface area (Å²) in [6.45, 7) is 4.88. The summed E-state index contributed by atoms with van der Waals surface area (Å²) in [4.78, 5) is 46.8. The number of H-pyrrole nitrogens is 1. The molecule has 1 aliphatic carbocycles. The van der Waals surface area contributed by atoms with Crippen LogP contribution in [0.15, 0.2) is 48.7 Å². The highest BCUT2D eigenvalue weighted by Crippen LogP contribution is 2.43. The van der Waals surface area contributed by atoms with Crippen molar-refractivity contribution in [3.05, 3.63) is 65.4 Å². The Hall–Kier alpha value is -3.45. The predicted molar refractivity (Wildman–Crippen MR) is 148 cm³/mol. The Kier molecular flexibility index (Phi) is 7.39. The number of hydrogen-bond acceptors (Lipinski definition) is 5. The van der Waals surface area contributed by atoms with Gasteiger partial charge in [-0.05, 0) is 56.2 Å². The maximum atomic E-state index is 13.8. The van der Waals surface area contributed by atoms with E-state index in [2.05, 4.69) is 41.1 Å². The Morgan fingerprint density at radius 3 is 2.34 bits per heavy atom. The number of carbonyl (C=O) groups is 3. The zero-order valence-electron chi connectivity index (χ0n) is 22.6. The minimum Gasteiger partial charge on any atom is -0.496 e. The van der Waals surface area contributed by atoms with Gasteiger partial charge in [0.2, 0.25) is 0 Å². The van der Waals surface area contributed by atoms with E-state index in [1.54, 1.807) is 30.3 Å². The van der Waals surface area contributed by atoms with Crippen molar-refractivity contribution in [1.29, 1.82) is 0 Å². The van der Waals surface area contributed by atoms with Crippen molar-refractivity contribution in [1.82, 2.24) is 14.8 Å². The molecule has 1 saturated heterocycles. The summed E-state index contributed by atoms with van der Waals surface area (Å²) in [5, 5.41) is 0.589. The van der Waals surface area contributed by atoms with Crippen molar-refractivity contribution < 1.29 is 19.1 Å². The lowest BCUT2D eigenvalue weighted by Gasteiger charge is -2.37. The molecular formula is C31H37N3O4. The molecule has 1 N–H and O–H groups in total. The molecule has 2 fully saturated rings. The van der Waals surface area contributed by atoms with Gasteiger partial charge in [-0.1, -0.05) is 37.3 Å². The molecule has 0 radical (unpaired) electrons. The Bertz CT molecular complexity index is 1330. The molecule has 2 aromatic carbocycles. The largest absolute Gasteiger partial charge is 0.496 e. The van der Waals surface area contributed by atoms with E-state index in [0.717, 1.165) is 45.2 Å². The second-order valence-electron chi connectivity index (χ2n) is 11.3. The number of aromatic nitrogens is 1. The van der Waals surface area contributed by atoms with Gasteiger partial charge in [0.15, 0.2) is 5.78 Å². The Morgan fingerprint density at radius 1 is 1.00 bits per heavy atom. The third-order valence-corrected chi connectivity index (χ3v) is 8.53. The summed E-state index contributed by atoms with van der Waals surface area (Å²) in [6.07, 6.45) is 6.20. The normalized spacial score (nSPS) is 22.4. The first kappa shape index (κ1) is 26.2. The van der Waals surface area contributed by atoms with Gasteiger partial charge >= 0.3 is 0 Å². The number of fused-ring (bicyclic) bond motifs is 1. The molecule has 0 bridgehead atoms. The Balaban J connectivity index is 1.34. The predicted octanol–water partition coefficient (Wildman–Crippen LogP) is 4.76. The topological polar surface area (TPSA) is 82.7 Å². The number of rotatable bonds is 7. The van der Waals surface area contributed by atoms with E-state index >= 15 is 0 Å². The van der Waals surface area contributed by atoms with Crippen LogP contribution >= 0.6 is 0 Å². The highest BCUT2D eigenvalue weighted by molar-refractivity contribution is 6.45. The quantitative estimate of drug-likeness (QED) is 0.363. The fraction of sp³-hybridized carbons (Fsp3) is 0.452. The molecule has 5 rings (SSSR count). The molecule has 7 nitrogen and oxygen atoms in total. The van der Waals surface area contributed by atoms with Crippen LogP contribution in [0.2, 0.25) is 0 Å². The summed E-state index contributed by atoms with van der Waals surface area (Å²) in [6, 6.07) is 14.1. The summed E-state index contributed by atoms with van der Waals surface area (Å²) in [5.41, 5.74) is 2.97. The van der Waals surface area contributed by atoms with Gasteiger partial charge in [0.1, 0.15) is 5.75 Å². The third kappa shape index (κ3) is 5.25. The van der Waals surface area contributed by atoms with Crippen molar-refractivity contribution in [2.24, 2.45) is 11.3 Å². The number of nitrogens with zero attached hydrogens (tertiary/aromatic N) is 2. The number of ether oxygens (including phenoxy) is 1. The molecule has 2 heterocycles. The summed E-state index contributed by atoms with van der Waals surface area (Å²) in [7, 11) is 3.56. The van der Waals surface area contributed by atoms with Crippen LogP contribution in [0.3, 0.4) is 0 Å². The number of amides is 1. The number of aromatic amines is 1. The van der Waals surface area contributed by atoms with E-state index < -0.39 is 11.7 Å². The van der Waals surface area contributed by atoms with Gasteiger partial charge in [0, 0.05) is 55.3 Å². The van der Waals surface area contributed by atoms with E-state index in [1.165, 1.54) is 5.56 Å². The molecule has 1 amide bonds. The van der Waals surface area contributed by atoms with E-state index in [9.17, 15) is 14.4 Å². The number of nitrogens with one attached hydrogen (secondary N) is 1. The number of benzene rings is 2. The lowest BCUT2D eigenvalue weighted by molar-refractivity contribution is -0.127. The van der Waals surface area contributed by atoms with E-state index in [1.807, 2.05) is 13.1 Å². The molecule has 0 atom stereocenters. The molecule has 1 saturated carbocycles. The molecule has 0 spiro atoms. The zero-order chi connectivity index (χ0) is 26.9. The maximum Gasteiger partial charge on any atom is 0.295 e. The highest BCUT2D eigenvalue weighted by Gasteiger charge is 2.35. The number of Topliss-reactive ketones (excluding diaryl/α,β-unsaturated/α-hetero) is 2. The van der Waals surface area contributed by atoms with Crippen LogP contribution in [-0.4, -0.2) is 72.6 Å². The van der Waals surface area contributed by atoms with Crippen LogP contribution < -0.4 is 4.74 Å².